The van der Waals surface area contributed by atoms with E-state index in [1.165, 1.54) is 0 Å². The highest BCUT2D eigenvalue weighted by Gasteiger charge is 2.46. The lowest BCUT2D eigenvalue weighted by molar-refractivity contribution is -0.130. The largest absolute Gasteiger partial charge is 0.392 e. The van der Waals surface area contributed by atoms with Gasteiger partial charge in [0.05, 0.1) is 10.4 Å². The average Bonchev–Trinajstić information content (AvgIpc) is 2.15. The number of carbonyl (C=O) groups excluding carboxylic acids is 2. The Morgan fingerprint density at radius 1 is 1.35 bits per heavy atom. The van der Waals surface area contributed by atoms with Crippen molar-refractivity contribution in [3.05, 3.63) is 0 Å². The molecule has 4 N–H and O–H groups in total. The highest BCUT2D eigenvalue weighted by atomic mass is 32.1. The number of hydrogen-bond donors (Lipinski definition) is 3. The van der Waals surface area contributed by atoms with Crippen LogP contribution in [0, 0.1) is 5.41 Å². The van der Waals surface area contributed by atoms with Crippen molar-refractivity contribution in [3.8, 4) is 0 Å². The average molecular weight is 257 g/mol. The smallest absolute Gasteiger partial charge is 0.233 e. The van der Waals surface area contributed by atoms with E-state index in [4.69, 9.17) is 18.0 Å². The minimum atomic E-state index is -0.656. The summed E-state index contributed by atoms with van der Waals surface area (Å²) in [6, 6.07) is 0. The van der Waals surface area contributed by atoms with Crippen molar-refractivity contribution in [1.29, 1.82) is 0 Å². The van der Waals surface area contributed by atoms with Crippen LogP contribution in [0.4, 0.5) is 0 Å². The van der Waals surface area contributed by atoms with Crippen LogP contribution in [0.1, 0.15) is 32.6 Å². The number of amides is 2. The third-order valence-electron chi connectivity index (χ3n) is 3.12. The van der Waals surface area contributed by atoms with E-state index >= 15 is 0 Å². The standard InChI is InChI=1S/C11H19N3O2S/c1-2-13-8(15)4-7-14-10(16)11(9(12)17)5-3-6-11/h2-7H2,1H3,(H2,12,17)(H,13,15)(H,14,16). The molecule has 0 aromatic heterocycles. The van der Waals surface area contributed by atoms with Gasteiger partial charge in [-0.1, -0.05) is 18.6 Å². The van der Waals surface area contributed by atoms with Gasteiger partial charge >= 0.3 is 0 Å². The van der Waals surface area contributed by atoms with E-state index in [0.717, 1.165) is 19.3 Å². The molecule has 0 saturated heterocycles. The first-order chi connectivity index (χ1) is 8.03. The first-order valence-electron chi connectivity index (χ1n) is 5.88. The molecular weight excluding hydrogens is 238 g/mol. The van der Waals surface area contributed by atoms with Crippen LogP contribution in [0.15, 0.2) is 0 Å². The van der Waals surface area contributed by atoms with Crippen molar-refractivity contribution in [2.45, 2.75) is 32.6 Å². The zero-order valence-electron chi connectivity index (χ0n) is 10.0. The van der Waals surface area contributed by atoms with Crippen LogP contribution in [-0.4, -0.2) is 29.9 Å². The van der Waals surface area contributed by atoms with E-state index in [9.17, 15) is 9.59 Å². The van der Waals surface area contributed by atoms with Crippen LogP contribution >= 0.6 is 12.2 Å². The first kappa shape index (κ1) is 13.9. The van der Waals surface area contributed by atoms with Crippen molar-refractivity contribution in [2.24, 2.45) is 11.1 Å². The summed E-state index contributed by atoms with van der Waals surface area (Å²) in [4.78, 5) is 23.4. The Labute approximate surface area is 107 Å². The summed E-state index contributed by atoms with van der Waals surface area (Å²) in [6.45, 7) is 2.78. The molecule has 5 nitrogen and oxygen atoms in total. The lowest BCUT2D eigenvalue weighted by atomic mass is 9.68. The summed E-state index contributed by atoms with van der Waals surface area (Å²) in [5, 5.41) is 5.40. The molecule has 6 heteroatoms. The van der Waals surface area contributed by atoms with Crippen LogP contribution in [0.2, 0.25) is 0 Å². The van der Waals surface area contributed by atoms with Gasteiger partial charge in [-0.25, -0.2) is 0 Å². The number of rotatable bonds is 6. The monoisotopic (exact) mass is 257 g/mol. The summed E-state index contributed by atoms with van der Waals surface area (Å²) < 4.78 is 0. The highest BCUT2D eigenvalue weighted by molar-refractivity contribution is 7.80. The van der Waals surface area contributed by atoms with E-state index in [1.54, 1.807) is 0 Å². The number of hydrogen-bond acceptors (Lipinski definition) is 3. The third kappa shape index (κ3) is 3.15. The topological polar surface area (TPSA) is 84.2 Å². The minimum absolute atomic E-state index is 0.0641. The fourth-order valence-corrected chi connectivity index (χ4v) is 2.16. The molecule has 1 aliphatic carbocycles. The molecule has 96 valence electrons. The Balaban J connectivity index is 2.34. The molecular formula is C11H19N3O2S. The van der Waals surface area contributed by atoms with E-state index in [0.29, 0.717) is 13.1 Å². The van der Waals surface area contributed by atoms with Gasteiger partial charge in [0.2, 0.25) is 11.8 Å². The van der Waals surface area contributed by atoms with E-state index in [-0.39, 0.29) is 23.2 Å². The molecule has 1 aliphatic rings. The molecule has 0 radical (unpaired) electrons. The van der Waals surface area contributed by atoms with Crippen LogP contribution < -0.4 is 16.4 Å². The summed E-state index contributed by atoms with van der Waals surface area (Å²) in [6.07, 6.45) is 2.69. The Morgan fingerprint density at radius 2 is 2.00 bits per heavy atom. The maximum atomic E-state index is 11.9. The van der Waals surface area contributed by atoms with Gasteiger partial charge in [-0.3, -0.25) is 9.59 Å². The highest BCUT2D eigenvalue weighted by Crippen LogP contribution is 2.41. The number of nitrogens with two attached hydrogens (primary N) is 1. The molecule has 1 fully saturated rings. The van der Waals surface area contributed by atoms with E-state index < -0.39 is 5.41 Å². The normalized spacial score (nSPS) is 16.8. The van der Waals surface area contributed by atoms with Crippen molar-refractivity contribution in [2.75, 3.05) is 13.1 Å². The molecule has 0 spiro atoms. The van der Waals surface area contributed by atoms with Crippen LogP contribution in [0.25, 0.3) is 0 Å². The maximum absolute atomic E-state index is 11.9. The zero-order chi connectivity index (χ0) is 12.9. The second-order valence-electron chi connectivity index (χ2n) is 4.26. The second-order valence-corrected chi connectivity index (χ2v) is 4.70. The molecule has 0 heterocycles. The van der Waals surface area contributed by atoms with Crippen LogP contribution in [-0.2, 0) is 9.59 Å². The maximum Gasteiger partial charge on any atom is 0.233 e. The predicted molar refractivity (Wildman–Crippen MR) is 69.4 cm³/mol. The van der Waals surface area contributed by atoms with Gasteiger partial charge in [0.25, 0.3) is 0 Å². The SMILES string of the molecule is CCNC(=O)CCNC(=O)C1(C(N)=S)CCC1. The number of nitrogens with one attached hydrogen (secondary N) is 2. The molecule has 0 aromatic rings. The lowest BCUT2D eigenvalue weighted by Crippen LogP contribution is -2.53. The van der Waals surface area contributed by atoms with Gasteiger partial charge in [0.15, 0.2) is 0 Å². The second kappa shape index (κ2) is 5.95. The quantitative estimate of drug-likeness (QED) is 0.589. The Hall–Kier alpha value is -1.17. The molecule has 1 rings (SSSR count). The van der Waals surface area contributed by atoms with Gasteiger partial charge in [0, 0.05) is 19.5 Å². The van der Waals surface area contributed by atoms with Gasteiger partial charge in [-0.15, -0.1) is 0 Å². The molecule has 0 unspecified atom stereocenters. The fraction of sp³-hybridized carbons (Fsp3) is 0.727. The van der Waals surface area contributed by atoms with Gasteiger partial charge in [-0.05, 0) is 19.8 Å². The van der Waals surface area contributed by atoms with Crippen LogP contribution in [0.3, 0.4) is 0 Å². The van der Waals surface area contributed by atoms with Crippen molar-refractivity contribution < 1.29 is 9.59 Å². The van der Waals surface area contributed by atoms with Gasteiger partial charge in [0.1, 0.15) is 0 Å². The van der Waals surface area contributed by atoms with Crippen molar-refractivity contribution in [3.63, 3.8) is 0 Å². The number of carbonyl (C=O) groups is 2. The molecule has 2 amide bonds. The lowest BCUT2D eigenvalue weighted by Gasteiger charge is -2.39. The Kier molecular flexibility index (Phi) is 4.86. The Bertz CT molecular complexity index is 327. The summed E-state index contributed by atoms with van der Waals surface area (Å²) >= 11 is 4.94. The van der Waals surface area contributed by atoms with Crippen molar-refractivity contribution in [1.82, 2.24) is 10.6 Å². The summed E-state index contributed by atoms with van der Waals surface area (Å²) in [5.74, 6) is -0.202. The molecule has 0 aromatic carbocycles. The zero-order valence-corrected chi connectivity index (χ0v) is 10.9. The minimum Gasteiger partial charge on any atom is -0.392 e. The molecule has 0 aliphatic heterocycles. The van der Waals surface area contributed by atoms with E-state index in [1.807, 2.05) is 6.92 Å². The summed E-state index contributed by atoms with van der Waals surface area (Å²) in [7, 11) is 0. The molecule has 0 bridgehead atoms. The van der Waals surface area contributed by atoms with Crippen molar-refractivity contribution >= 4 is 29.0 Å². The molecule has 1 saturated carbocycles. The first-order valence-corrected chi connectivity index (χ1v) is 6.28. The van der Waals surface area contributed by atoms with E-state index in [2.05, 4.69) is 10.6 Å². The predicted octanol–water partition coefficient (Wildman–Crippen LogP) is 0.0852. The van der Waals surface area contributed by atoms with Gasteiger partial charge < -0.3 is 16.4 Å². The van der Waals surface area contributed by atoms with Gasteiger partial charge in [-0.2, -0.15) is 0 Å². The molecule has 17 heavy (non-hydrogen) atoms. The third-order valence-corrected chi connectivity index (χ3v) is 3.52. The summed E-state index contributed by atoms with van der Waals surface area (Å²) in [5.41, 5.74) is 4.95. The fourth-order valence-electron chi connectivity index (χ4n) is 1.86. The number of thiocarbonyl (C=S) groups is 1. The van der Waals surface area contributed by atoms with Crippen LogP contribution in [0.5, 0.6) is 0 Å². The Morgan fingerprint density at radius 3 is 2.41 bits per heavy atom. The molecule has 0 atom stereocenters.